The minimum Gasteiger partial charge on any atom is -0.334 e. The van der Waals surface area contributed by atoms with E-state index >= 15 is 0 Å². The molecule has 1 unspecified atom stereocenters. The van der Waals surface area contributed by atoms with Crippen LogP contribution in [-0.2, 0) is 6.42 Å². The van der Waals surface area contributed by atoms with Gasteiger partial charge >= 0.3 is 0 Å². The summed E-state index contributed by atoms with van der Waals surface area (Å²) >= 11 is 7.66. The monoisotopic (exact) mass is 334 g/mol. The molecule has 3 rings (SSSR count). The fourth-order valence-electron chi connectivity index (χ4n) is 2.59. The van der Waals surface area contributed by atoms with Gasteiger partial charge in [0, 0.05) is 17.8 Å². The third-order valence-corrected chi connectivity index (χ3v) is 5.00. The third-order valence-electron chi connectivity index (χ3n) is 3.76. The molecule has 7 heteroatoms. The first-order valence-electron chi connectivity index (χ1n) is 6.83. The second-order valence-electron chi connectivity index (χ2n) is 5.05. The van der Waals surface area contributed by atoms with E-state index in [9.17, 15) is 4.79 Å². The number of amides is 1. The molecule has 0 radical (unpaired) electrons. The Hall–Kier alpha value is -1.92. The maximum Gasteiger partial charge on any atom is 0.290 e. The van der Waals surface area contributed by atoms with Crippen LogP contribution in [0.1, 0.15) is 34.2 Å². The summed E-state index contributed by atoms with van der Waals surface area (Å²) in [4.78, 5) is 27.3. The summed E-state index contributed by atoms with van der Waals surface area (Å²) < 4.78 is 0. The van der Waals surface area contributed by atoms with E-state index in [0.29, 0.717) is 22.3 Å². The van der Waals surface area contributed by atoms with Gasteiger partial charge in [-0.25, -0.2) is 9.97 Å². The first-order chi connectivity index (χ1) is 10.5. The van der Waals surface area contributed by atoms with E-state index in [4.69, 9.17) is 11.6 Å². The number of imidazole rings is 1. The lowest BCUT2D eigenvalue weighted by Gasteiger charge is -2.31. The molecule has 0 saturated heterocycles. The van der Waals surface area contributed by atoms with E-state index < -0.39 is 0 Å². The van der Waals surface area contributed by atoms with Gasteiger partial charge in [0.2, 0.25) is 0 Å². The molecule has 2 aromatic heterocycles. The molecule has 1 aliphatic heterocycles. The summed E-state index contributed by atoms with van der Waals surface area (Å²) in [6.45, 7) is 10.1. The van der Waals surface area contributed by atoms with Crippen molar-refractivity contribution in [2.24, 2.45) is 0 Å². The summed E-state index contributed by atoms with van der Waals surface area (Å²) in [7, 11) is 0. The van der Waals surface area contributed by atoms with Crippen molar-refractivity contribution in [3.8, 4) is 0 Å². The Balaban J connectivity index is 1.96. The lowest BCUT2D eigenvalue weighted by molar-refractivity contribution is 0.0663. The average molecular weight is 335 g/mol. The van der Waals surface area contributed by atoms with Gasteiger partial charge in [0.15, 0.2) is 5.82 Å². The largest absolute Gasteiger partial charge is 0.334 e. The number of halogens is 1. The fraction of sp³-hybridized carbons (Fsp3) is 0.267. The van der Waals surface area contributed by atoms with Gasteiger partial charge in [-0.1, -0.05) is 24.8 Å². The fourth-order valence-corrected chi connectivity index (χ4v) is 3.59. The van der Waals surface area contributed by atoms with Gasteiger partial charge in [-0.2, -0.15) is 0 Å². The molecule has 0 bridgehead atoms. The second kappa shape index (κ2) is 5.70. The maximum atomic E-state index is 12.7. The lowest BCUT2D eigenvalue weighted by Crippen LogP contribution is -2.39. The number of carbonyl (C=O) groups is 1. The van der Waals surface area contributed by atoms with Crippen molar-refractivity contribution in [1.82, 2.24) is 19.9 Å². The molecular weight excluding hydrogens is 320 g/mol. The molecule has 0 saturated carbocycles. The number of H-pyrrole nitrogens is 1. The number of hydrogen-bond donors (Lipinski definition) is 1. The van der Waals surface area contributed by atoms with Gasteiger partial charge in [0.05, 0.1) is 27.6 Å². The Morgan fingerprint density at radius 1 is 1.64 bits per heavy atom. The summed E-state index contributed by atoms with van der Waals surface area (Å²) in [6, 6.07) is -0.0665. The molecule has 22 heavy (non-hydrogen) atoms. The van der Waals surface area contributed by atoms with Crippen LogP contribution in [0.25, 0.3) is 11.6 Å². The van der Waals surface area contributed by atoms with Crippen molar-refractivity contribution >= 4 is 40.5 Å². The Bertz CT molecular complexity index is 853. The number of nitrogens with zero attached hydrogens (tertiary/aromatic N) is 3. The van der Waals surface area contributed by atoms with Crippen LogP contribution in [0.5, 0.6) is 0 Å². The quantitative estimate of drug-likeness (QED) is 0.906. The van der Waals surface area contributed by atoms with Crippen molar-refractivity contribution in [2.75, 3.05) is 6.54 Å². The molecule has 0 spiro atoms. The van der Waals surface area contributed by atoms with Crippen LogP contribution >= 0.6 is 22.9 Å². The third kappa shape index (κ3) is 2.38. The van der Waals surface area contributed by atoms with E-state index in [0.717, 1.165) is 12.1 Å². The minimum absolute atomic E-state index is 0.0665. The highest BCUT2D eigenvalue weighted by Crippen LogP contribution is 2.31. The predicted octanol–water partition coefficient (Wildman–Crippen LogP) is 1.57. The normalized spacial score (nSPS) is 18.8. The standard InChI is InChI=1S/C15H15ClN4OS/c1-4-10(16)12-8(2)18-14(19-12)15(21)20-6-5-11-13(9(20)3)17-7-22-11/h4,7,9H,1-2,5-6H2,3H3,(H,18,19)/b12-10-. The predicted molar refractivity (Wildman–Crippen MR) is 88.1 cm³/mol. The van der Waals surface area contributed by atoms with Crippen molar-refractivity contribution in [1.29, 1.82) is 0 Å². The first kappa shape index (κ1) is 15.0. The summed E-state index contributed by atoms with van der Waals surface area (Å²) in [5.74, 6) is 0.0707. The van der Waals surface area contributed by atoms with Crippen molar-refractivity contribution in [2.45, 2.75) is 19.4 Å². The number of aromatic amines is 1. The van der Waals surface area contributed by atoms with Gasteiger partial charge in [-0.15, -0.1) is 11.3 Å². The zero-order valence-corrected chi connectivity index (χ0v) is 13.7. The molecule has 5 nitrogen and oxygen atoms in total. The number of allylic oxidation sites excluding steroid dienone is 1. The molecule has 1 atom stereocenters. The number of carbonyl (C=O) groups excluding carboxylic acids is 1. The number of nitrogens with one attached hydrogen (secondary N) is 1. The lowest BCUT2D eigenvalue weighted by atomic mass is 10.1. The summed E-state index contributed by atoms with van der Waals surface area (Å²) in [5.41, 5.74) is 2.80. The number of rotatable bonds is 2. The zero-order chi connectivity index (χ0) is 15.9. The maximum absolute atomic E-state index is 12.7. The number of hydrogen-bond acceptors (Lipinski definition) is 4. The molecular formula is C15H15ClN4OS. The highest BCUT2D eigenvalue weighted by molar-refractivity contribution is 7.09. The topological polar surface area (TPSA) is 61.9 Å². The summed E-state index contributed by atoms with van der Waals surface area (Å²) in [6.07, 6.45) is 2.30. The molecule has 1 N–H and O–H groups in total. The average Bonchev–Trinajstić information content (AvgIpc) is 3.13. The Morgan fingerprint density at radius 2 is 2.41 bits per heavy atom. The Morgan fingerprint density at radius 3 is 3.14 bits per heavy atom. The molecule has 1 amide bonds. The van der Waals surface area contributed by atoms with E-state index in [1.165, 1.54) is 11.0 Å². The van der Waals surface area contributed by atoms with Gasteiger partial charge in [0.1, 0.15) is 5.35 Å². The van der Waals surface area contributed by atoms with E-state index in [1.54, 1.807) is 16.2 Å². The van der Waals surface area contributed by atoms with Crippen molar-refractivity contribution in [3.05, 3.63) is 45.3 Å². The van der Waals surface area contributed by atoms with Crippen LogP contribution in [-0.4, -0.2) is 32.3 Å². The van der Waals surface area contributed by atoms with Crippen molar-refractivity contribution < 1.29 is 4.79 Å². The molecule has 2 aromatic rings. The van der Waals surface area contributed by atoms with Crippen LogP contribution in [0.3, 0.4) is 0 Å². The molecule has 0 aromatic carbocycles. The number of fused-ring (bicyclic) bond motifs is 1. The van der Waals surface area contributed by atoms with Crippen LogP contribution in [0.4, 0.5) is 0 Å². The van der Waals surface area contributed by atoms with Crippen LogP contribution < -0.4 is 10.7 Å². The highest BCUT2D eigenvalue weighted by atomic mass is 35.5. The van der Waals surface area contributed by atoms with Crippen LogP contribution in [0.15, 0.2) is 18.2 Å². The van der Waals surface area contributed by atoms with Gasteiger partial charge in [-0.05, 0) is 13.0 Å². The van der Waals surface area contributed by atoms with E-state index in [2.05, 4.69) is 28.1 Å². The second-order valence-corrected chi connectivity index (χ2v) is 6.40. The molecule has 114 valence electrons. The Labute approximate surface area is 136 Å². The van der Waals surface area contributed by atoms with Crippen LogP contribution in [0, 0.1) is 0 Å². The highest BCUT2D eigenvalue weighted by Gasteiger charge is 2.31. The molecule has 0 aliphatic carbocycles. The zero-order valence-electron chi connectivity index (χ0n) is 12.1. The number of aromatic nitrogens is 3. The van der Waals surface area contributed by atoms with Gasteiger partial charge < -0.3 is 9.88 Å². The smallest absolute Gasteiger partial charge is 0.290 e. The first-order valence-corrected chi connectivity index (χ1v) is 8.09. The molecule has 1 aliphatic rings. The van der Waals surface area contributed by atoms with Gasteiger partial charge in [-0.3, -0.25) is 4.79 Å². The van der Waals surface area contributed by atoms with Crippen LogP contribution in [0.2, 0.25) is 0 Å². The van der Waals surface area contributed by atoms with Crippen molar-refractivity contribution in [3.63, 3.8) is 0 Å². The minimum atomic E-state index is -0.171. The number of thiazole rings is 1. The summed E-state index contributed by atoms with van der Waals surface area (Å²) in [5, 5.41) is 1.33. The van der Waals surface area contributed by atoms with E-state index in [1.807, 2.05) is 12.4 Å². The Kier molecular flexibility index (Phi) is 3.88. The molecule has 3 heterocycles. The molecule has 0 fully saturated rings. The van der Waals surface area contributed by atoms with E-state index in [-0.39, 0.29) is 17.8 Å². The van der Waals surface area contributed by atoms with Gasteiger partial charge in [0.25, 0.3) is 5.91 Å². The SMILES string of the molecule is C=C/C(Cl)=c1/nc(C(=O)N2CCc3scnc3C2C)[nH]c1=C.